The monoisotopic (exact) mass is 335 g/mol. The maximum Gasteiger partial charge on any atom is 0.223 e. The standard InChI is InChI=1S/C22H25NO2/c24-22-14-8-7-13-21(23(22)17-19-9-3-1-4-10-19)15-16-25-18-20-11-5-2-6-12-20/h1-7,9-13,21H,8,14-18H2/t21-/m0/s1. The van der Waals surface area contributed by atoms with Crippen molar-refractivity contribution < 1.29 is 9.53 Å². The highest BCUT2D eigenvalue weighted by atomic mass is 16.5. The molecule has 0 aromatic heterocycles. The number of hydrogen-bond acceptors (Lipinski definition) is 2. The molecule has 0 fully saturated rings. The molecule has 1 aliphatic rings. The molecule has 3 rings (SSSR count). The molecule has 0 N–H and O–H groups in total. The average molecular weight is 335 g/mol. The van der Waals surface area contributed by atoms with Gasteiger partial charge < -0.3 is 9.64 Å². The van der Waals surface area contributed by atoms with E-state index in [1.54, 1.807) is 0 Å². The summed E-state index contributed by atoms with van der Waals surface area (Å²) in [5.41, 5.74) is 2.34. The smallest absolute Gasteiger partial charge is 0.223 e. The summed E-state index contributed by atoms with van der Waals surface area (Å²) in [4.78, 5) is 14.5. The molecular weight excluding hydrogens is 310 g/mol. The average Bonchev–Trinajstić information content (AvgIpc) is 2.83. The Labute approximate surface area is 149 Å². The van der Waals surface area contributed by atoms with Crippen molar-refractivity contribution >= 4 is 5.91 Å². The van der Waals surface area contributed by atoms with Crippen LogP contribution in [0.5, 0.6) is 0 Å². The first-order valence-electron chi connectivity index (χ1n) is 8.94. The highest BCUT2D eigenvalue weighted by molar-refractivity contribution is 5.77. The quantitative estimate of drug-likeness (QED) is 0.556. The number of allylic oxidation sites excluding steroid dienone is 1. The zero-order chi connectivity index (χ0) is 17.3. The summed E-state index contributed by atoms with van der Waals surface area (Å²) in [6.07, 6.45) is 6.53. The van der Waals surface area contributed by atoms with Crippen molar-refractivity contribution in [2.24, 2.45) is 0 Å². The Bertz CT molecular complexity index is 682. The summed E-state index contributed by atoms with van der Waals surface area (Å²) in [6.45, 7) is 1.92. The Hall–Kier alpha value is -2.39. The molecule has 0 radical (unpaired) electrons. The summed E-state index contributed by atoms with van der Waals surface area (Å²) < 4.78 is 5.83. The zero-order valence-corrected chi connectivity index (χ0v) is 14.5. The van der Waals surface area contributed by atoms with E-state index < -0.39 is 0 Å². The van der Waals surface area contributed by atoms with Gasteiger partial charge in [-0.25, -0.2) is 0 Å². The summed E-state index contributed by atoms with van der Waals surface area (Å²) in [7, 11) is 0. The molecule has 0 saturated heterocycles. The third kappa shape index (κ3) is 5.30. The van der Waals surface area contributed by atoms with Crippen molar-refractivity contribution in [3.05, 3.63) is 83.9 Å². The Morgan fingerprint density at radius 3 is 2.36 bits per heavy atom. The van der Waals surface area contributed by atoms with E-state index in [0.717, 1.165) is 12.8 Å². The molecule has 2 aromatic carbocycles. The number of nitrogens with zero attached hydrogens (tertiary/aromatic N) is 1. The molecule has 130 valence electrons. The van der Waals surface area contributed by atoms with Crippen LogP contribution in [-0.4, -0.2) is 23.5 Å². The van der Waals surface area contributed by atoms with Crippen molar-refractivity contribution in [3.63, 3.8) is 0 Å². The first-order valence-corrected chi connectivity index (χ1v) is 8.94. The van der Waals surface area contributed by atoms with Crippen LogP contribution in [0.4, 0.5) is 0 Å². The third-order valence-corrected chi connectivity index (χ3v) is 4.47. The van der Waals surface area contributed by atoms with Gasteiger partial charge in [-0.1, -0.05) is 72.8 Å². The van der Waals surface area contributed by atoms with Crippen molar-refractivity contribution in [2.45, 2.75) is 38.5 Å². The molecule has 2 aromatic rings. The number of rotatable bonds is 7. The maximum atomic E-state index is 12.5. The summed E-state index contributed by atoms with van der Waals surface area (Å²) in [5, 5.41) is 0. The van der Waals surface area contributed by atoms with E-state index in [2.05, 4.69) is 36.4 Å². The zero-order valence-electron chi connectivity index (χ0n) is 14.5. The molecule has 3 heteroatoms. The molecule has 1 atom stereocenters. The largest absolute Gasteiger partial charge is 0.377 e. The minimum Gasteiger partial charge on any atom is -0.377 e. The number of carbonyl (C=O) groups is 1. The normalized spacial score (nSPS) is 17.5. The molecular formula is C22H25NO2. The molecule has 0 spiro atoms. The Morgan fingerprint density at radius 1 is 0.960 bits per heavy atom. The van der Waals surface area contributed by atoms with Crippen LogP contribution in [-0.2, 0) is 22.7 Å². The van der Waals surface area contributed by atoms with Gasteiger partial charge in [0.2, 0.25) is 5.91 Å². The molecule has 0 saturated carbocycles. The van der Waals surface area contributed by atoms with Crippen molar-refractivity contribution in [1.29, 1.82) is 0 Å². The number of ether oxygens (including phenoxy) is 1. The lowest BCUT2D eigenvalue weighted by atomic mass is 10.1. The predicted molar refractivity (Wildman–Crippen MR) is 99.9 cm³/mol. The molecule has 3 nitrogen and oxygen atoms in total. The molecule has 1 amide bonds. The fourth-order valence-electron chi connectivity index (χ4n) is 3.10. The fourth-order valence-corrected chi connectivity index (χ4v) is 3.10. The molecule has 0 unspecified atom stereocenters. The number of amides is 1. The van der Waals surface area contributed by atoms with Crippen molar-refractivity contribution in [3.8, 4) is 0 Å². The van der Waals surface area contributed by atoms with Crippen LogP contribution in [0.25, 0.3) is 0 Å². The van der Waals surface area contributed by atoms with Crippen LogP contribution >= 0.6 is 0 Å². The summed E-state index contributed by atoms with van der Waals surface area (Å²) in [5.74, 6) is 0.224. The first kappa shape index (κ1) is 17.4. The van der Waals surface area contributed by atoms with Crippen LogP contribution in [0.1, 0.15) is 30.4 Å². The number of carbonyl (C=O) groups excluding carboxylic acids is 1. The van der Waals surface area contributed by atoms with Crippen LogP contribution in [0, 0.1) is 0 Å². The molecule has 1 heterocycles. The summed E-state index contributed by atoms with van der Waals surface area (Å²) in [6, 6.07) is 20.5. The lowest BCUT2D eigenvalue weighted by Crippen LogP contribution is -2.38. The van der Waals surface area contributed by atoms with Gasteiger partial charge in [0.05, 0.1) is 12.6 Å². The van der Waals surface area contributed by atoms with Gasteiger partial charge in [0.25, 0.3) is 0 Å². The molecule has 0 bridgehead atoms. The van der Waals surface area contributed by atoms with Crippen LogP contribution in [0.2, 0.25) is 0 Å². The van der Waals surface area contributed by atoms with Crippen LogP contribution in [0.3, 0.4) is 0 Å². The second-order valence-corrected chi connectivity index (χ2v) is 6.37. The van der Waals surface area contributed by atoms with Gasteiger partial charge >= 0.3 is 0 Å². The highest BCUT2D eigenvalue weighted by Crippen LogP contribution is 2.18. The van der Waals surface area contributed by atoms with Crippen molar-refractivity contribution in [2.75, 3.05) is 6.61 Å². The van der Waals surface area contributed by atoms with Gasteiger partial charge in [-0.15, -0.1) is 0 Å². The van der Waals surface area contributed by atoms with E-state index in [4.69, 9.17) is 4.74 Å². The molecule has 1 aliphatic heterocycles. The van der Waals surface area contributed by atoms with E-state index in [-0.39, 0.29) is 11.9 Å². The Morgan fingerprint density at radius 2 is 1.64 bits per heavy atom. The second-order valence-electron chi connectivity index (χ2n) is 6.37. The van der Waals surface area contributed by atoms with E-state index in [9.17, 15) is 4.79 Å². The Balaban J connectivity index is 1.57. The van der Waals surface area contributed by atoms with Gasteiger partial charge in [-0.2, -0.15) is 0 Å². The van der Waals surface area contributed by atoms with E-state index in [0.29, 0.717) is 26.2 Å². The van der Waals surface area contributed by atoms with Crippen molar-refractivity contribution in [1.82, 2.24) is 4.90 Å². The molecule has 25 heavy (non-hydrogen) atoms. The van der Waals surface area contributed by atoms with E-state index in [1.165, 1.54) is 11.1 Å². The second kappa shape index (κ2) is 9.19. The van der Waals surface area contributed by atoms with Gasteiger partial charge in [-0.05, 0) is 24.0 Å². The highest BCUT2D eigenvalue weighted by Gasteiger charge is 2.23. The molecule has 0 aliphatic carbocycles. The Kier molecular flexibility index (Phi) is 6.41. The van der Waals surface area contributed by atoms with Gasteiger partial charge in [0, 0.05) is 19.6 Å². The number of hydrogen-bond donors (Lipinski definition) is 0. The predicted octanol–water partition coefficient (Wildman–Crippen LogP) is 4.34. The van der Waals surface area contributed by atoms with E-state index in [1.807, 2.05) is 41.3 Å². The first-order chi connectivity index (χ1) is 12.3. The van der Waals surface area contributed by atoms with Gasteiger partial charge in [0.1, 0.15) is 0 Å². The van der Waals surface area contributed by atoms with Gasteiger partial charge in [0.15, 0.2) is 0 Å². The van der Waals surface area contributed by atoms with Crippen LogP contribution in [0.15, 0.2) is 72.8 Å². The minimum atomic E-state index is 0.103. The topological polar surface area (TPSA) is 29.5 Å². The van der Waals surface area contributed by atoms with Gasteiger partial charge in [-0.3, -0.25) is 4.79 Å². The van der Waals surface area contributed by atoms with Crippen LogP contribution < -0.4 is 0 Å². The lowest BCUT2D eigenvalue weighted by Gasteiger charge is -2.29. The fraction of sp³-hybridized carbons (Fsp3) is 0.318. The van der Waals surface area contributed by atoms with E-state index >= 15 is 0 Å². The number of benzene rings is 2. The summed E-state index contributed by atoms with van der Waals surface area (Å²) >= 11 is 0. The lowest BCUT2D eigenvalue weighted by molar-refractivity contribution is -0.133. The third-order valence-electron chi connectivity index (χ3n) is 4.47. The SMILES string of the molecule is O=C1CCC=C[C@@H](CCOCc2ccccc2)N1Cc1ccccc1. The minimum absolute atomic E-state index is 0.103. The maximum absolute atomic E-state index is 12.5.